The smallest absolute Gasteiger partial charge is 0.339 e. The molecule has 1 aliphatic heterocycles. The van der Waals surface area contributed by atoms with Crippen LogP contribution in [-0.4, -0.2) is 41.4 Å². The Bertz CT molecular complexity index is 890. The third kappa shape index (κ3) is 3.83. The lowest BCUT2D eigenvalue weighted by molar-refractivity contribution is -0.139. The number of carboxylic acids is 1. The second-order valence-corrected chi connectivity index (χ2v) is 6.93. The molecule has 1 aromatic heterocycles. The Morgan fingerprint density at radius 2 is 2.00 bits per heavy atom. The van der Waals surface area contributed by atoms with E-state index in [2.05, 4.69) is 0 Å². The summed E-state index contributed by atoms with van der Waals surface area (Å²) in [6.45, 7) is 2.10. The third-order valence-electron chi connectivity index (χ3n) is 4.61. The lowest BCUT2D eigenvalue weighted by atomic mass is 10.1. The second-order valence-electron chi connectivity index (χ2n) is 6.49. The predicted octanol–water partition coefficient (Wildman–Crippen LogP) is 2.95. The lowest BCUT2D eigenvalue weighted by Gasteiger charge is -2.20. The quantitative estimate of drug-likeness (QED) is 0.792. The van der Waals surface area contributed by atoms with Crippen molar-refractivity contribution in [3.05, 3.63) is 52.4 Å². The number of hydrogen-bond donors (Lipinski definition) is 1. The van der Waals surface area contributed by atoms with Crippen LogP contribution in [0.3, 0.4) is 0 Å². The highest BCUT2D eigenvalue weighted by molar-refractivity contribution is 6.30. The van der Waals surface area contributed by atoms with Gasteiger partial charge < -0.3 is 19.3 Å². The highest BCUT2D eigenvalue weighted by atomic mass is 35.5. The molecule has 7 nitrogen and oxygen atoms in total. The minimum Gasteiger partial charge on any atom is -0.478 e. The average Bonchev–Trinajstić information content (AvgIpc) is 3.18. The van der Waals surface area contributed by atoms with Gasteiger partial charge >= 0.3 is 5.97 Å². The van der Waals surface area contributed by atoms with E-state index in [1.807, 2.05) is 0 Å². The Morgan fingerprint density at radius 3 is 2.59 bits per heavy atom. The molecule has 1 N–H and O–H groups in total. The molecule has 1 aromatic carbocycles. The SMILES string of the molecule is Cc1oc(CN(C)C(=O)[C@@H]2CCN(c3ccc(Cl)cc3)C2=O)cc1C(=O)O. The molecule has 0 unspecified atom stereocenters. The maximum absolute atomic E-state index is 12.7. The van der Waals surface area contributed by atoms with Crippen molar-refractivity contribution in [3.63, 3.8) is 0 Å². The number of amides is 2. The molecule has 27 heavy (non-hydrogen) atoms. The van der Waals surface area contributed by atoms with Crippen LogP contribution in [0, 0.1) is 12.8 Å². The van der Waals surface area contributed by atoms with Gasteiger partial charge in [-0.1, -0.05) is 11.6 Å². The highest BCUT2D eigenvalue weighted by Gasteiger charge is 2.39. The molecular weight excluding hydrogens is 372 g/mol. The fourth-order valence-corrected chi connectivity index (χ4v) is 3.32. The molecule has 2 aromatic rings. The number of carboxylic acid groups (broad SMARTS) is 1. The summed E-state index contributed by atoms with van der Waals surface area (Å²) in [6, 6.07) is 8.29. The number of furan rings is 1. The van der Waals surface area contributed by atoms with E-state index >= 15 is 0 Å². The van der Waals surface area contributed by atoms with Crippen molar-refractivity contribution in [2.24, 2.45) is 5.92 Å². The van der Waals surface area contributed by atoms with Crippen LogP contribution in [-0.2, 0) is 16.1 Å². The molecule has 1 atom stereocenters. The number of carbonyl (C=O) groups is 3. The molecule has 1 fully saturated rings. The van der Waals surface area contributed by atoms with Crippen LogP contribution < -0.4 is 4.90 Å². The van der Waals surface area contributed by atoms with Crippen LogP contribution in [0.4, 0.5) is 5.69 Å². The molecule has 0 aliphatic carbocycles. The Balaban J connectivity index is 1.68. The van der Waals surface area contributed by atoms with Crippen molar-refractivity contribution in [1.82, 2.24) is 4.90 Å². The van der Waals surface area contributed by atoms with Crippen molar-refractivity contribution in [1.29, 1.82) is 0 Å². The number of rotatable bonds is 5. The number of aromatic carboxylic acids is 1. The summed E-state index contributed by atoms with van der Waals surface area (Å²) in [6.07, 6.45) is 0.419. The zero-order valence-corrected chi connectivity index (χ0v) is 15.7. The Morgan fingerprint density at radius 1 is 1.33 bits per heavy atom. The maximum atomic E-state index is 12.7. The van der Waals surface area contributed by atoms with Gasteiger partial charge in [0.25, 0.3) is 0 Å². The maximum Gasteiger partial charge on any atom is 0.339 e. The average molecular weight is 391 g/mol. The van der Waals surface area contributed by atoms with E-state index in [1.54, 1.807) is 43.1 Å². The molecule has 1 saturated heterocycles. The summed E-state index contributed by atoms with van der Waals surface area (Å²) < 4.78 is 5.41. The fraction of sp³-hybridized carbons (Fsp3) is 0.316. The van der Waals surface area contributed by atoms with Crippen molar-refractivity contribution in [2.45, 2.75) is 19.9 Å². The van der Waals surface area contributed by atoms with Crippen LogP contribution >= 0.6 is 11.6 Å². The summed E-state index contributed by atoms with van der Waals surface area (Å²) in [5.74, 6) is -1.77. The van der Waals surface area contributed by atoms with Gasteiger partial charge in [0.05, 0.1) is 6.54 Å². The number of carbonyl (C=O) groups excluding carboxylic acids is 2. The number of anilines is 1. The summed E-state index contributed by atoms with van der Waals surface area (Å²) in [7, 11) is 1.57. The van der Waals surface area contributed by atoms with Crippen LogP contribution in [0.1, 0.15) is 28.3 Å². The van der Waals surface area contributed by atoms with Gasteiger partial charge in [-0.2, -0.15) is 0 Å². The Hall–Kier alpha value is -2.80. The van der Waals surface area contributed by atoms with Crippen LogP contribution in [0.2, 0.25) is 5.02 Å². The standard InChI is InChI=1S/C19H19ClN2O5/c1-11-16(19(25)26)9-14(27-11)10-21(2)17(23)15-7-8-22(18(15)24)13-5-3-12(20)4-6-13/h3-6,9,15H,7-8,10H2,1-2H3,(H,25,26)/t15-/m0/s1. The molecule has 0 bridgehead atoms. The van der Waals surface area contributed by atoms with E-state index in [4.69, 9.17) is 21.1 Å². The number of aryl methyl sites for hydroxylation is 1. The van der Waals surface area contributed by atoms with E-state index in [0.29, 0.717) is 29.4 Å². The van der Waals surface area contributed by atoms with Gasteiger partial charge in [-0.3, -0.25) is 9.59 Å². The topological polar surface area (TPSA) is 91.1 Å². The molecule has 0 radical (unpaired) electrons. The number of benzene rings is 1. The van der Waals surface area contributed by atoms with Gasteiger partial charge in [0.15, 0.2) is 0 Å². The fourth-order valence-electron chi connectivity index (χ4n) is 3.20. The minimum absolute atomic E-state index is 0.0664. The number of hydrogen-bond acceptors (Lipinski definition) is 4. The van der Waals surface area contributed by atoms with E-state index < -0.39 is 11.9 Å². The zero-order valence-electron chi connectivity index (χ0n) is 14.9. The van der Waals surface area contributed by atoms with Crippen molar-refractivity contribution < 1.29 is 23.9 Å². The van der Waals surface area contributed by atoms with Crippen molar-refractivity contribution in [3.8, 4) is 0 Å². The third-order valence-corrected chi connectivity index (χ3v) is 4.86. The molecule has 2 heterocycles. The van der Waals surface area contributed by atoms with E-state index in [9.17, 15) is 14.4 Å². The van der Waals surface area contributed by atoms with Gasteiger partial charge in [0.2, 0.25) is 11.8 Å². The van der Waals surface area contributed by atoms with Crippen LogP contribution in [0.15, 0.2) is 34.7 Å². The first-order chi connectivity index (χ1) is 12.8. The predicted molar refractivity (Wildman–Crippen MR) is 98.8 cm³/mol. The summed E-state index contributed by atoms with van der Waals surface area (Å²) >= 11 is 5.87. The number of nitrogens with zero attached hydrogens (tertiary/aromatic N) is 2. The normalized spacial score (nSPS) is 16.6. The van der Waals surface area contributed by atoms with E-state index in [1.165, 1.54) is 11.0 Å². The largest absolute Gasteiger partial charge is 0.478 e. The lowest BCUT2D eigenvalue weighted by Crippen LogP contribution is -2.37. The van der Waals surface area contributed by atoms with Crippen LogP contribution in [0.5, 0.6) is 0 Å². The first kappa shape index (κ1) is 19.0. The molecule has 1 aliphatic rings. The van der Waals surface area contributed by atoms with Gasteiger partial charge in [-0.15, -0.1) is 0 Å². The summed E-state index contributed by atoms with van der Waals surface area (Å²) in [5.41, 5.74) is 0.770. The van der Waals surface area contributed by atoms with Crippen molar-refractivity contribution in [2.75, 3.05) is 18.5 Å². The molecule has 0 saturated carbocycles. The molecule has 0 spiro atoms. The molecule has 3 rings (SSSR count). The van der Waals surface area contributed by atoms with Crippen LogP contribution in [0.25, 0.3) is 0 Å². The van der Waals surface area contributed by atoms with Gasteiger partial charge in [0, 0.05) is 24.3 Å². The first-order valence-electron chi connectivity index (χ1n) is 8.42. The molecule has 8 heteroatoms. The highest BCUT2D eigenvalue weighted by Crippen LogP contribution is 2.28. The Kier molecular flexibility index (Phi) is 5.23. The second kappa shape index (κ2) is 7.44. The van der Waals surface area contributed by atoms with Crippen molar-refractivity contribution >= 4 is 35.1 Å². The molecular formula is C19H19ClN2O5. The van der Waals surface area contributed by atoms with E-state index in [-0.39, 0.29) is 29.7 Å². The van der Waals surface area contributed by atoms with Gasteiger partial charge in [-0.25, -0.2) is 4.79 Å². The molecule has 142 valence electrons. The molecule has 2 amide bonds. The Labute approximate surface area is 161 Å². The van der Waals surface area contributed by atoms with Gasteiger partial charge in [0.1, 0.15) is 23.0 Å². The summed E-state index contributed by atoms with van der Waals surface area (Å²) in [4.78, 5) is 39.5. The number of halogens is 1. The summed E-state index contributed by atoms with van der Waals surface area (Å²) in [5, 5.41) is 9.66. The van der Waals surface area contributed by atoms with E-state index in [0.717, 1.165) is 0 Å². The zero-order chi connectivity index (χ0) is 19.7. The van der Waals surface area contributed by atoms with Gasteiger partial charge in [-0.05, 0) is 43.7 Å². The monoisotopic (exact) mass is 390 g/mol. The minimum atomic E-state index is -1.08. The first-order valence-corrected chi connectivity index (χ1v) is 8.80.